The monoisotopic (exact) mass is 604 g/mol. The lowest BCUT2D eigenvalue weighted by atomic mass is 10.0. The number of nitriles is 2. The van der Waals surface area contributed by atoms with Crippen LogP contribution in [-0.4, -0.2) is 9.55 Å². The summed E-state index contributed by atoms with van der Waals surface area (Å²) in [5, 5.41) is 20.5. The Morgan fingerprint density at radius 3 is 1.63 bits per heavy atom. The molecule has 9 rings (SSSR count). The predicted octanol–water partition coefficient (Wildman–Crippen LogP) is 10.3. The molecular weight excluding hydrogens is 581 g/mol. The summed E-state index contributed by atoms with van der Waals surface area (Å²) in [6.07, 6.45) is 0. The fourth-order valence-corrected chi connectivity index (χ4v) is 11.8. The van der Waals surface area contributed by atoms with Crippen molar-refractivity contribution in [2.24, 2.45) is 0 Å². The van der Waals surface area contributed by atoms with Crippen LogP contribution in [0.3, 0.4) is 0 Å². The van der Waals surface area contributed by atoms with Gasteiger partial charge in [0.05, 0.1) is 34.7 Å². The van der Waals surface area contributed by atoms with Gasteiger partial charge in [0.25, 0.3) is 0 Å². The first-order chi connectivity index (χ1) is 22.7. The molecule has 3 heterocycles. The highest BCUT2D eigenvalue weighted by atomic mass is 32.3. The number of fused-ring (bicyclic) bond motifs is 12. The number of hydrogen-bond donors (Lipinski definition) is 0. The summed E-state index contributed by atoms with van der Waals surface area (Å²) < 4.78 is 2.27. The third kappa shape index (κ3) is 3.46. The summed E-state index contributed by atoms with van der Waals surface area (Å²) >= 11 is 0. The smallest absolute Gasteiger partial charge is 0.145 e. The van der Waals surface area contributed by atoms with Crippen molar-refractivity contribution in [3.8, 4) is 62.9 Å². The van der Waals surface area contributed by atoms with Gasteiger partial charge in [0.1, 0.15) is 5.82 Å². The van der Waals surface area contributed by atoms with Gasteiger partial charge in [-0.3, -0.25) is 4.57 Å². The van der Waals surface area contributed by atoms with E-state index in [1.807, 2.05) is 36.4 Å². The standard InChI is InChI=1S/C41H24N4S/c42-25-27-19-21-33-37(23-27)46(35-17-9-7-15-31(35)32-16-8-10-18-36(32)46)38-24-28(26-43)20-22-34(38)40-39(33)44-41(29-11-3-1-4-12-29)45(40)30-13-5-2-6-14-30/h1-24H. The van der Waals surface area contributed by atoms with Crippen molar-refractivity contribution in [3.63, 3.8) is 0 Å². The van der Waals surface area contributed by atoms with Crippen molar-refractivity contribution in [1.29, 1.82) is 10.5 Å². The van der Waals surface area contributed by atoms with E-state index < -0.39 is 10.0 Å². The van der Waals surface area contributed by atoms with Gasteiger partial charge in [-0.2, -0.15) is 10.5 Å². The fraction of sp³-hybridized carbons (Fsp3) is 0. The van der Waals surface area contributed by atoms with Crippen molar-refractivity contribution >= 4 is 10.0 Å². The van der Waals surface area contributed by atoms with Crippen molar-refractivity contribution in [3.05, 3.63) is 157 Å². The number of para-hydroxylation sites is 1. The van der Waals surface area contributed by atoms with Gasteiger partial charge in [-0.15, -0.1) is 10.0 Å². The lowest BCUT2D eigenvalue weighted by molar-refractivity contribution is 1.07. The highest BCUT2D eigenvalue weighted by Crippen LogP contribution is 2.83. The van der Waals surface area contributed by atoms with Gasteiger partial charge in [0, 0.05) is 42.0 Å². The molecule has 0 bridgehead atoms. The molecule has 2 aliphatic heterocycles. The minimum absolute atomic E-state index is 0.597. The Morgan fingerprint density at radius 1 is 0.500 bits per heavy atom. The molecule has 1 spiro atoms. The molecule has 7 aromatic rings. The zero-order valence-electron chi connectivity index (χ0n) is 24.6. The highest BCUT2D eigenvalue weighted by molar-refractivity contribution is 8.34. The van der Waals surface area contributed by atoms with Crippen LogP contribution in [0.2, 0.25) is 0 Å². The van der Waals surface area contributed by atoms with Crippen LogP contribution in [0.15, 0.2) is 165 Å². The molecule has 6 aromatic carbocycles. The van der Waals surface area contributed by atoms with Gasteiger partial charge < -0.3 is 0 Å². The van der Waals surface area contributed by atoms with E-state index in [2.05, 4.69) is 126 Å². The van der Waals surface area contributed by atoms with Crippen LogP contribution >= 0.6 is 10.0 Å². The first kappa shape index (κ1) is 26.3. The van der Waals surface area contributed by atoms with E-state index in [9.17, 15) is 10.5 Å². The summed E-state index contributed by atoms with van der Waals surface area (Å²) in [7, 11) is -2.17. The highest BCUT2D eigenvalue weighted by Gasteiger charge is 2.47. The summed E-state index contributed by atoms with van der Waals surface area (Å²) in [6, 6.07) is 55.0. The molecule has 0 atom stereocenters. The minimum atomic E-state index is -2.17. The topological polar surface area (TPSA) is 65.4 Å². The molecule has 0 unspecified atom stereocenters. The summed E-state index contributed by atoms with van der Waals surface area (Å²) in [5.41, 5.74) is 9.43. The quantitative estimate of drug-likeness (QED) is 0.197. The summed E-state index contributed by atoms with van der Waals surface area (Å²) in [5.74, 6) is 0.834. The summed E-state index contributed by atoms with van der Waals surface area (Å²) in [4.78, 5) is 10.1. The average molecular weight is 605 g/mol. The molecule has 0 saturated heterocycles. The predicted molar refractivity (Wildman–Crippen MR) is 182 cm³/mol. The molecule has 0 aliphatic carbocycles. The molecule has 46 heavy (non-hydrogen) atoms. The number of rotatable bonds is 2. The van der Waals surface area contributed by atoms with Crippen LogP contribution in [-0.2, 0) is 0 Å². The Labute approximate surface area is 268 Å². The Kier molecular flexibility index (Phi) is 5.68. The van der Waals surface area contributed by atoms with Crippen LogP contribution < -0.4 is 0 Å². The largest absolute Gasteiger partial charge is 0.292 e. The first-order valence-corrected chi connectivity index (χ1v) is 16.7. The van der Waals surface area contributed by atoms with E-state index >= 15 is 0 Å². The minimum Gasteiger partial charge on any atom is -0.292 e. The maximum Gasteiger partial charge on any atom is 0.145 e. The van der Waals surface area contributed by atoms with E-state index in [1.165, 1.54) is 20.9 Å². The maximum atomic E-state index is 10.3. The molecule has 0 radical (unpaired) electrons. The Balaban J connectivity index is 1.54. The zero-order valence-corrected chi connectivity index (χ0v) is 25.4. The van der Waals surface area contributed by atoms with E-state index in [4.69, 9.17) is 4.98 Å². The number of aromatic nitrogens is 2. The number of hydrogen-bond acceptors (Lipinski definition) is 3. The SMILES string of the molecule is N#Cc1ccc2c(c1)S1(c3ccccc3-c3ccccc31)c1cc(C#N)ccc1-c1c-2nc(-c2ccccc2)n1-c1ccccc1. The van der Waals surface area contributed by atoms with Gasteiger partial charge in [-0.05, 0) is 59.7 Å². The van der Waals surface area contributed by atoms with Crippen molar-refractivity contribution in [2.75, 3.05) is 0 Å². The van der Waals surface area contributed by atoms with Crippen molar-refractivity contribution in [1.82, 2.24) is 9.55 Å². The van der Waals surface area contributed by atoms with Crippen LogP contribution in [0.5, 0.6) is 0 Å². The Hall–Kier alpha value is -6.14. The third-order valence-electron chi connectivity index (χ3n) is 9.04. The Morgan fingerprint density at radius 2 is 1.02 bits per heavy atom. The molecule has 5 heteroatoms. The van der Waals surface area contributed by atoms with E-state index in [-0.39, 0.29) is 0 Å². The summed E-state index contributed by atoms with van der Waals surface area (Å²) in [6.45, 7) is 0. The number of benzene rings is 6. The van der Waals surface area contributed by atoms with Crippen molar-refractivity contribution < 1.29 is 0 Å². The van der Waals surface area contributed by atoms with Crippen LogP contribution in [0, 0.1) is 22.7 Å². The average Bonchev–Trinajstić information content (AvgIpc) is 3.64. The van der Waals surface area contributed by atoms with Gasteiger partial charge in [-0.1, -0.05) is 97.1 Å². The Bertz CT molecular complexity index is 2400. The number of imidazole rings is 1. The molecule has 4 nitrogen and oxygen atoms in total. The van der Waals surface area contributed by atoms with Crippen molar-refractivity contribution in [2.45, 2.75) is 19.6 Å². The molecule has 1 aromatic heterocycles. The van der Waals surface area contributed by atoms with Crippen LogP contribution in [0.1, 0.15) is 11.1 Å². The van der Waals surface area contributed by atoms with E-state index in [0.29, 0.717) is 11.1 Å². The third-order valence-corrected chi connectivity index (χ3v) is 13.1. The lowest BCUT2D eigenvalue weighted by Gasteiger charge is -2.40. The second kappa shape index (κ2) is 9.94. The maximum absolute atomic E-state index is 10.3. The van der Waals surface area contributed by atoms with Gasteiger partial charge in [0.2, 0.25) is 0 Å². The molecular formula is C41H24N4S. The molecule has 0 saturated carbocycles. The van der Waals surface area contributed by atoms with Gasteiger partial charge in [0.15, 0.2) is 0 Å². The zero-order chi connectivity index (χ0) is 30.8. The normalized spacial score (nSPS) is 13.6. The molecule has 0 fully saturated rings. The van der Waals surface area contributed by atoms with Gasteiger partial charge >= 0.3 is 0 Å². The van der Waals surface area contributed by atoms with Crippen LogP contribution in [0.25, 0.3) is 50.7 Å². The molecule has 0 N–H and O–H groups in total. The van der Waals surface area contributed by atoms with Crippen LogP contribution in [0.4, 0.5) is 0 Å². The van der Waals surface area contributed by atoms with E-state index in [0.717, 1.165) is 49.4 Å². The fourth-order valence-electron chi connectivity index (χ4n) is 7.17. The molecule has 0 amide bonds. The molecule has 214 valence electrons. The van der Waals surface area contributed by atoms with Gasteiger partial charge in [-0.25, -0.2) is 4.98 Å². The second-order valence-electron chi connectivity index (χ2n) is 11.4. The lowest BCUT2D eigenvalue weighted by Crippen LogP contribution is -2.06. The van der Waals surface area contributed by atoms with E-state index in [1.54, 1.807) is 0 Å². The molecule has 2 aliphatic rings. The first-order valence-electron chi connectivity index (χ1n) is 15.1. The second-order valence-corrected chi connectivity index (χ2v) is 14.4. The number of nitrogens with zero attached hydrogens (tertiary/aromatic N) is 4.